The van der Waals surface area contributed by atoms with Crippen LogP contribution in [0, 0.1) is 23.7 Å². The highest BCUT2D eigenvalue weighted by molar-refractivity contribution is 7.47. The second-order valence-electron chi connectivity index (χ2n) is 26.9. The van der Waals surface area contributed by atoms with Gasteiger partial charge in [-0.2, -0.15) is 0 Å². The van der Waals surface area contributed by atoms with Crippen LogP contribution in [-0.4, -0.2) is 96.7 Å². The zero-order valence-electron chi connectivity index (χ0n) is 58.1. The fraction of sp³-hybridized carbons (Fsp3) is 0.943. The molecule has 0 aromatic carbocycles. The SMILES string of the molecule is CCC(C)CCCCCCCCCCC(=O)O[C@H](COC(=O)CCCCCCCCCCCCCCC(C)C)COP(=O)(O)OCC(O)COP(=O)(O)OC[C@@H](COC(=O)CCCCCCCCCCC(C)C)OC(=O)CCCCCCCCCCC(C)C. The summed E-state index contributed by atoms with van der Waals surface area (Å²) < 4.78 is 68.3. The number of aliphatic hydroxyl groups is 1. The zero-order valence-corrected chi connectivity index (χ0v) is 59.8. The molecule has 0 amide bonds. The lowest BCUT2D eigenvalue weighted by Gasteiger charge is -2.21. The number of aliphatic hydroxyl groups excluding tert-OH is 1. The second kappa shape index (κ2) is 59.8. The Kier molecular flexibility index (Phi) is 58.5. The molecule has 0 radical (unpaired) electrons. The monoisotopic (exact) mass is 1310 g/mol. The number of unbranched alkanes of at least 4 members (excludes halogenated alkanes) is 32. The summed E-state index contributed by atoms with van der Waals surface area (Å²) in [5.74, 6) is 0.864. The molecule has 0 bridgehead atoms. The fourth-order valence-electron chi connectivity index (χ4n) is 10.5. The van der Waals surface area contributed by atoms with E-state index in [1.165, 1.54) is 148 Å². The van der Waals surface area contributed by atoms with Crippen molar-refractivity contribution in [3.63, 3.8) is 0 Å². The van der Waals surface area contributed by atoms with E-state index in [0.29, 0.717) is 25.7 Å². The minimum atomic E-state index is -4.95. The summed E-state index contributed by atoms with van der Waals surface area (Å²) in [6.45, 7) is 14.1. The summed E-state index contributed by atoms with van der Waals surface area (Å²) in [5.41, 5.74) is 0. The topological polar surface area (TPSA) is 237 Å². The molecule has 0 aromatic heterocycles. The van der Waals surface area contributed by atoms with Gasteiger partial charge >= 0.3 is 39.5 Å². The van der Waals surface area contributed by atoms with Gasteiger partial charge in [-0.3, -0.25) is 37.3 Å². The maximum Gasteiger partial charge on any atom is 0.472 e. The Bertz CT molecular complexity index is 1770. The van der Waals surface area contributed by atoms with Crippen LogP contribution in [0.25, 0.3) is 0 Å². The van der Waals surface area contributed by atoms with Crippen molar-refractivity contribution in [3.8, 4) is 0 Å². The van der Waals surface area contributed by atoms with Crippen LogP contribution >= 0.6 is 15.6 Å². The standard InChI is InChI=1S/C70H136O17P2/c1-9-63(8)49-41-33-25-18-21-29-37-45-53-70(75)87-65(56-80-67(72)50-42-34-26-15-13-11-10-12-14-22-30-38-46-60(2)3)58-84-88(76,77)82-54-64(71)55-83-89(78,79)85-59-66(86-69(74)52-44-36-28-20-17-24-32-40-48-62(6)7)57-81-68(73)51-43-35-27-19-16-23-31-39-47-61(4)5/h60-66,71H,9-59H2,1-8H3,(H,76,77)(H,78,79)/t63?,64?,65-,66-/m1/s1. The quantitative estimate of drug-likeness (QED) is 0.0222. The largest absolute Gasteiger partial charge is 0.472 e. The van der Waals surface area contributed by atoms with E-state index in [1.807, 2.05) is 0 Å². The molecule has 89 heavy (non-hydrogen) atoms. The highest BCUT2D eigenvalue weighted by Gasteiger charge is 2.30. The molecule has 0 saturated carbocycles. The Hall–Kier alpha value is -1.94. The van der Waals surface area contributed by atoms with E-state index < -0.39 is 97.5 Å². The normalized spacial score (nSPS) is 14.6. The zero-order chi connectivity index (χ0) is 66.1. The van der Waals surface area contributed by atoms with Crippen molar-refractivity contribution in [1.82, 2.24) is 0 Å². The molecule has 0 spiro atoms. The average Bonchev–Trinajstić information content (AvgIpc) is 3.69. The van der Waals surface area contributed by atoms with Crippen molar-refractivity contribution in [1.29, 1.82) is 0 Å². The van der Waals surface area contributed by atoms with Gasteiger partial charge in [0.2, 0.25) is 0 Å². The summed E-state index contributed by atoms with van der Waals surface area (Å²) in [5, 5.41) is 10.6. The van der Waals surface area contributed by atoms with Gasteiger partial charge in [0.05, 0.1) is 26.4 Å². The van der Waals surface area contributed by atoms with Gasteiger partial charge in [0.1, 0.15) is 19.3 Å². The van der Waals surface area contributed by atoms with Gasteiger partial charge in [0, 0.05) is 25.7 Å². The third-order valence-electron chi connectivity index (χ3n) is 16.4. The number of phosphoric acid groups is 2. The summed E-state index contributed by atoms with van der Waals surface area (Å²) in [7, 11) is -9.90. The van der Waals surface area contributed by atoms with Crippen LogP contribution in [0.15, 0.2) is 0 Å². The van der Waals surface area contributed by atoms with E-state index in [4.69, 9.17) is 37.0 Å². The molecule has 19 heteroatoms. The molecule has 0 saturated heterocycles. The lowest BCUT2D eigenvalue weighted by Crippen LogP contribution is -2.30. The molecular formula is C70H136O17P2. The number of rotatable bonds is 67. The van der Waals surface area contributed by atoms with Gasteiger partial charge in [-0.25, -0.2) is 9.13 Å². The second-order valence-corrected chi connectivity index (χ2v) is 29.8. The molecule has 6 atom stereocenters. The van der Waals surface area contributed by atoms with E-state index in [9.17, 15) is 43.2 Å². The molecule has 528 valence electrons. The lowest BCUT2D eigenvalue weighted by atomic mass is 9.99. The molecule has 0 fully saturated rings. The minimum absolute atomic E-state index is 0.103. The van der Waals surface area contributed by atoms with Crippen molar-refractivity contribution in [2.45, 2.75) is 363 Å². The molecule has 0 aromatic rings. The maximum atomic E-state index is 13.0. The molecular weight excluding hydrogens is 1170 g/mol. The summed E-state index contributed by atoms with van der Waals surface area (Å²) in [6.07, 6.45) is 41.7. The van der Waals surface area contributed by atoms with Crippen LogP contribution in [0.4, 0.5) is 0 Å². The predicted octanol–water partition coefficient (Wildman–Crippen LogP) is 19.7. The van der Waals surface area contributed by atoms with E-state index >= 15 is 0 Å². The molecule has 3 N–H and O–H groups in total. The van der Waals surface area contributed by atoms with Gasteiger partial charge < -0.3 is 33.8 Å². The Labute approximate surface area is 543 Å². The van der Waals surface area contributed by atoms with Gasteiger partial charge in [-0.05, 0) is 49.4 Å². The van der Waals surface area contributed by atoms with Crippen LogP contribution in [0.5, 0.6) is 0 Å². The molecule has 0 aliphatic carbocycles. The highest BCUT2D eigenvalue weighted by atomic mass is 31.2. The highest BCUT2D eigenvalue weighted by Crippen LogP contribution is 2.45. The van der Waals surface area contributed by atoms with Crippen molar-refractivity contribution in [2.24, 2.45) is 23.7 Å². The van der Waals surface area contributed by atoms with Crippen molar-refractivity contribution >= 4 is 39.5 Å². The maximum absolute atomic E-state index is 13.0. The van der Waals surface area contributed by atoms with Crippen LogP contribution in [-0.2, 0) is 65.4 Å². The number of ether oxygens (including phenoxy) is 4. The van der Waals surface area contributed by atoms with Crippen molar-refractivity contribution in [2.75, 3.05) is 39.6 Å². The molecule has 0 aliphatic rings. The fourth-order valence-corrected chi connectivity index (χ4v) is 12.0. The van der Waals surface area contributed by atoms with Crippen LogP contribution < -0.4 is 0 Å². The third-order valence-corrected chi connectivity index (χ3v) is 18.3. The first-order valence-electron chi connectivity index (χ1n) is 36.2. The van der Waals surface area contributed by atoms with Crippen LogP contribution in [0.1, 0.15) is 344 Å². The number of hydrogen-bond donors (Lipinski definition) is 3. The molecule has 0 heterocycles. The minimum Gasteiger partial charge on any atom is -0.462 e. The number of carbonyl (C=O) groups is 4. The first-order chi connectivity index (χ1) is 42.6. The van der Waals surface area contributed by atoms with Gasteiger partial charge in [-0.15, -0.1) is 0 Å². The Morgan fingerprint density at radius 3 is 0.798 bits per heavy atom. The summed E-state index contributed by atoms with van der Waals surface area (Å²) >= 11 is 0. The molecule has 0 aliphatic heterocycles. The van der Waals surface area contributed by atoms with Gasteiger partial charge in [0.15, 0.2) is 12.2 Å². The van der Waals surface area contributed by atoms with E-state index in [-0.39, 0.29) is 25.7 Å². The van der Waals surface area contributed by atoms with Crippen LogP contribution in [0.3, 0.4) is 0 Å². The first-order valence-corrected chi connectivity index (χ1v) is 39.2. The van der Waals surface area contributed by atoms with Gasteiger partial charge in [0.25, 0.3) is 0 Å². The van der Waals surface area contributed by atoms with E-state index in [0.717, 1.165) is 114 Å². The molecule has 17 nitrogen and oxygen atoms in total. The Balaban J connectivity index is 5.25. The number of phosphoric ester groups is 2. The van der Waals surface area contributed by atoms with E-state index in [1.54, 1.807) is 0 Å². The first kappa shape index (κ1) is 87.1. The summed E-state index contributed by atoms with van der Waals surface area (Å²) in [6, 6.07) is 0. The van der Waals surface area contributed by atoms with Crippen LogP contribution in [0.2, 0.25) is 0 Å². The average molecular weight is 1310 g/mol. The number of carbonyl (C=O) groups excluding carboxylic acids is 4. The lowest BCUT2D eigenvalue weighted by molar-refractivity contribution is -0.161. The number of esters is 4. The number of hydrogen-bond acceptors (Lipinski definition) is 15. The summed E-state index contributed by atoms with van der Waals surface area (Å²) in [4.78, 5) is 72.5. The van der Waals surface area contributed by atoms with Crippen molar-refractivity contribution in [3.05, 3.63) is 0 Å². The van der Waals surface area contributed by atoms with Gasteiger partial charge in [-0.1, -0.05) is 293 Å². The third kappa shape index (κ3) is 63.2. The Morgan fingerprint density at radius 1 is 0.315 bits per heavy atom. The van der Waals surface area contributed by atoms with E-state index in [2.05, 4.69) is 55.4 Å². The predicted molar refractivity (Wildman–Crippen MR) is 358 cm³/mol. The Morgan fingerprint density at radius 2 is 0.539 bits per heavy atom. The molecule has 0 rings (SSSR count). The molecule has 4 unspecified atom stereocenters. The smallest absolute Gasteiger partial charge is 0.462 e. The van der Waals surface area contributed by atoms with Crippen molar-refractivity contribution < 1.29 is 80.2 Å².